The number of carbonyl (C=O) groups is 1. The summed E-state index contributed by atoms with van der Waals surface area (Å²) in [6.45, 7) is 1.82. The first-order valence-electron chi connectivity index (χ1n) is 9.71. The third kappa shape index (κ3) is 6.34. The van der Waals surface area contributed by atoms with Gasteiger partial charge in [-0.25, -0.2) is 4.79 Å². The number of carbonyl (C=O) groups excluding carboxylic acids is 1. The summed E-state index contributed by atoms with van der Waals surface area (Å²) in [5.74, 6) is 0. The predicted molar refractivity (Wildman–Crippen MR) is 108 cm³/mol. The van der Waals surface area contributed by atoms with Gasteiger partial charge in [-0.05, 0) is 36.6 Å². The molecule has 0 unspecified atom stereocenters. The minimum absolute atomic E-state index is 0.111. The maximum Gasteiger partial charge on any atom is 0.416 e. The molecule has 0 aliphatic carbocycles. The monoisotopic (exact) mass is 403 g/mol. The van der Waals surface area contributed by atoms with Gasteiger partial charge in [-0.1, -0.05) is 36.4 Å². The van der Waals surface area contributed by atoms with Gasteiger partial charge in [0.2, 0.25) is 0 Å². The second-order valence-corrected chi connectivity index (χ2v) is 7.03. The third-order valence-corrected chi connectivity index (χ3v) is 4.87. The van der Waals surface area contributed by atoms with Crippen LogP contribution < -0.4 is 5.32 Å². The number of benzene rings is 2. The summed E-state index contributed by atoms with van der Waals surface area (Å²) in [5.41, 5.74) is 1.90. The number of halogens is 3. The molecule has 0 saturated carbocycles. The molecule has 1 saturated heterocycles. The van der Waals surface area contributed by atoms with E-state index in [0.29, 0.717) is 38.0 Å². The Balaban J connectivity index is 1.40. The second-order valence-electron chi connectivity index (χ2n) is 7.03. The molecule has 2 aromatic carbocycles. The fourth-order valence-corrected chi connectivity index (χ4v) is 3.27. The van der Waals surface area contributed by atoms with Gasteiger partial charge in [-0.3, -0.25) is 4.99 Å². The Kier molecular flexibility index (Phi) is 6.90. The summed E-state index contributed by atoms with van der Waals surface area (Å²) in [7, 11) is 0. The van der Waals surface area contributed by atoms with E-state index < -0.39 is 11.7 Å². The number of rotatable bonds is 5. The average molecular weight is 403 g/mol. The van der Waals surface area contributed by atoms with Gasteiger partial charge in [0.1, 0.15) is 0 Å². The Bertz CT molecular complexity index is 840. The Morgan fingerprint density at radius 2 is 1.76 bits per heavy atom. The van der Waals surface area contributed by atoms with Gasteiger partial charge in [-0.2, -0.15) is 13.2 Å². The molecular weight excluding hydrogens is 379 g/mol. The molecule has 7 heteroatoms. The lowest BCUT2D eigenvalue weighted by Crippen LogP contribution is -2.41. The lowest BCUT2D eigenvalue weighted by Gasteiger charge is -2.28. The van der Waals surface area contributed by atoms with Crippen LogP contribution in [0.25, 0.3) is 0 Å². The summed E-state index contributed by atoms with van der Waals surface area (Å²) in [6, 6.07) is 14.7. The zero-order valence-electron chi connectivity index (χ0n) is 16.1. The molecule has 0 aromatic heterocycles. The molecule has 4 nitrogen and oxygen atoms in total. The van der Waals surface area contributed by atoms with Crippen molar-refractivity contribution in [3.8, 4) is 0 Å². The highest BCUT2D eigenvalue weighted by atomic mass is 19.4. The van der Waals surface area contributed by atoms with E-state index >= 15 is 0 Å². The number of amides is 2. The zero-order chi connectivity index (χ0) is 20.7. The molecule has 29 heavy (non-hydrogen) atoms. The van der Waals surface area contributed by atoms with Crippen LogP contribution in [0.15, 0.2) is 59.6 Å². The minimum Gasteiger partial charge on any atom is -0.324 e. The molecule has 2 aromatic rings. The van der Waals surface area contributed by atoms with Gasteiger partial charge < -0.3 is 10.2 Å². The van der Waals surface area contributed by atoms with E-state index in [2.05, 4.69) is 10.3 Å². The van der Waals surface area contributed by atoms with E-state index in [9.17, 15) is 18.0 Å². The Hall–Kier alpha value is -2.83. The average Bonchev–Trinajstić information content (AvgIpc) is 2.72. The van der Waals surface area contributed by atoms with Crippen LogP contribution in [0.2, 0.25) is 0 Å². The molecule has 0 spiro atoms. The van der Waals surface area contributed by atoms with E-state index in [1.807, 2.05) is 30.3 Å². The lowest BCUT2D eigenvalue weighted by atomic mass is 10.1. The van der Waals surface area contributed by atoms with Crippen molar-refractivity contribution in [2.24, 2.45) is 4.99 Å². The number of aryl methyl sites for hydroxylation is 1. The number of aliphatic imine (C=N–C) groups is 1. The molecule has 1 N–H and O–H groups in total. The maximum absolute atomic E-state index is 12.8. The van der Waals surface area contributed by atoms with Crippen molar-refractivity contribution in [2.75, 3.05) is 25.0 Å². The van der Waals surface area contributed by atoms with Gasteiger partial charge in [0.15, 0.2) is 0 Å². The van der Waals surface area contributed by atoms with Crippen molar-refractivity contribution < 1.29 is 18.0 Å². The van der Waals surface area contributed by atoms with E-state index in [4.69, 9.17) is 0 Å². The number of likely N-dealkylation sites (tertiary alicyclic amines) is 1. The lowest BCUT2D eigenvalue weighted by molar-refractivity contribution is -0.137. The fourth-order valence-electron chi connectivity index (χ4n) is 3.27. The number of hydrogen-bond donors (Lipinski definition) is 1. The molecular formula is C22H24F3N3O. The van der Waals surface area contributed by atoms with E-state index in [1.54, 1.807) is 11.0 Å². The van der Waals surface area contributed by atoms with E-state index in [0.717, 1.165) is 30.3 Å². The molecule has 1 aliphatic rings. The third-order valence-electron chi connectivity index (χ3n) is 4.87. The zero-order valence-corrected chi connectivity index (χ0v) is 16.1. The van der Waals surface area contributed by atoms with Crippen molar-refractivity contribution in [3.05, 3.63) is 65.7 Å². The molecule has 154 valence electrons. The van der Waals surface area contributed by atoms with Crippen LogP contribution in [0.4, 0.5) is 23.7 Å². The normalized spacial score (nSPS) is 14.6. The largest absolute Gasteiger partial charge is 0.416 e. The number of hydrogen-bond acceptors (Lipinski definition) is 2. The van der Waals surface area contributed by atoms with Gasteiger partial charge in [-0.15, -0.1) is 0 Å². The first-order valence-corrected chi connectivity index (χ1v) is 9.71. The summed E-state index contributed by atoms with van der Waals surface area (Å²) in [4.78, 5) is 18.6. The number of nitrogens with zero attached hydrogens (tertiary/aromatic N) is 2. The minimum atomic E-state index is -4.31. The van der Waals surface area contributed by atoms with E-state index in [1.165, 1.54) is 12.1 Å². The van der Waals surface area contributed by atoms with Gasteiger partial charge in [0.05, 0.1) is 5.56 Å². The first-order chi connectivity index (χ1) is 13.9. The fraction of sp³-hybridized carbons (Fsp3) is 0.364. The molecule has 0 bridgehead atoms. The predicted octanol–water partition coefficient (Wildman–Crippen LogP) is 5.41. The standard InChI is InChI=1S/C22H24F3N3O/c23-22(24,25)18-8-4-6-17(16-18)7-5-13-26-19-11-14-28(15-12-19)21(29)27-20-9-2-1-3-10-20/h1-4,6,8-10,16H,5,7,11-15H2,(H,27,29). The summed E-state index contributed by atoms with van der Waals surface area (Å²) in [5, 5.41) is 2.88. The van der Waals surface area contributed by atoms with E-state index in [-0.39, 0.29) is 6.03 Å². The topological polar surface area (TPSA) is 44.7 Å². The van der Waals surface area contributed by atoms with Crippen molar-refractivity contribution in [2.45, 2.75) is 31.9 Å². The Morgan fingerprint density at radius 1 is 1.03 bits per heavy atom. The quantitative estimate of drug-likeness (QED) is 0.667. The van der Waals surface area contributed by atoms with Crippen molar-refractivity contribution >= 4 is 17.4 Å². The van der Waals surface area contributed by atoms with Crippen LogP contribution in [0.5, 0.6) is 0 Å². The van der Waals surface area contributed by atoms with Crippen LogP contribution in [0.1, 0.15) is 30.4 Å². The molecule has 0 atom stereocenters. The van der Waals surface area contributed by atoms with Crippen LogP contribution in [0.3, 0.4) is 0 Å². The molecule has 1 fully saturated rings. The van der Waals surface area contributed by atoms with Crippen LogP contribution in [-0.2, 0) is 12.6 Å². The number of nitrogens with one attached hydrogen (secondary N) is 1. The molecule has 1 heterocycles. The SMILES string of the molecule is O=C(Nc1ccccc1)N1CCC(=NCCCc2cccc(C(F)(F)F)c2)CC1. The highest BCUT2D eigenvalue weighted by molar-refractivity contribution is 5.92. The highest BCUT2D eigenvalue weighted by Gasteiger charge is 2.30. The Labute approximate surface area is 168 Å². The smallest absolute Gasteiger partial charge is 0.324 e. The summed E-state index contributed by atoms with van der Waals surface area (Å²) < 4.78 is 38.3. The van der Waals surface area contributed by atoms with Gasteiger partial charge >= 0.3 is 12.2 Å². The number of anilines is 1. The molecule has 0 radical (unpaired) electrons. The summed E-state index contributed by atoms with van der Waals surface area (Å²) in [6.07, 6.45) is -1.59. The highest BCUT2D eigenvalue weighted by Crippen LogP contribution is 2.29. The second kappa shape index (κ2) is 9.58. The molecule has 1 aliphatic heterocycles. The van der Waals surface area contributed by atoms with Crippen LogP contribution in [0, 0.1) is 0 Å². The van der Waals surface area contributed by atoms with Crippen molar-refractivity contribution in [3.63, 3.8) is 0 Å². The first kappa shape index (κ1) is 20.9. The molecule has 2 amide bonds. The van der Waals surface area contributed by atoms with Crippen LogP contribution >= 0.6 is 0 Å². The van der Waals surface area contributed by atoms with Gasteiger partial charge in [0.25, 0.3) is 0 Å². The van der Waals surface area contributed by atoms with Crippen molar-refractivity contribution in [1.82, 2.24) is 4.90 Å². The Morgan fingerprint density at radius 3 is 2.45 bits per heavy atom. The maximum atomic E-state index is 12.8. The number of piperidine rings is 1. The van der Waals surface area contributed by atoms with Crippen LogP contribution in [-0.4, -0.2) is 36.3 Å². The number of para-hydroxylation sites is 1. The molecule has 3 rings (SSSR count). The van der Waals surface area contributed by atoms with Crippen molar-refractivity contribution in [1.29, 1.82) is 0 Å². The number of urea groups is 1. The number of alkyl halides is 3. The summed E-state index contributed by atoms with van der Waals surface area (Å²) >= 11 is 0. The van der Waals surface area contributed by atoms with Gasteiger partial charge in [0, 0.05) is 43.9 Å².